The fourth-order valence-electron chi connectivity index (χ4n) is 5.61. The minimum atomic E-state index is -0.882. The zero-order valence-corrected chi connectivity index (χ0v) is 22.0. The van der Waals surface area contributed by atoms with Crippen molar-refractivity contribution in [1.29, 1.82) is 0 Å². The minimum Gasteiger partial charge on any atom is -0.492 e. The lowest BCUT2D eigenvalue weighted by molar-refractivity contribution is -0.137. The third-order valence-corrected chi connectivity index (χ3v) is 7.37. The minimum absolute atomic E-state index is 0.0103. The molecule has 2 atom stereocenters. The first-order chi connectivity index (χ1) is 19.2. The van der Waals surface area contributed by atoms with Gasteiger partial charge in [-0.1, -0.05) is 12.1 Å². The molecule has 0 spiro atoms. The zero-order valence-electron chi connectivity index (χ0n) is 22.0. The van der Waals surface area contributed by atoms with Gasteiger partial charge in [0.2, 0.25) is 0 Å². The monoisotopic (exact) mass is 543 g/mol. The Kier molecular flexibility index (Phi) is 6.62. The molecule has 0 saturated heterocycles. The smallest absolute Gasteiger partial charge is 0.304 e. The quantitative estimate of drug-likeness (QED) is 0.261. The number of pyridine rings is 1. The summed E-state index contributed by atoms with van der Waals surface area (Å²) >= 11 is 0. The number of carbonyl (C=O) groups is 1. The van der Waals surface area contributed by atoms with Crippen LogP contribution in [0.15, 0.2) is 60.7 Å². The number of fused-ring (bicyclic) bond motifs is 2. The van der Waals surface area contributed by atoms with Crippen molar-refractivity contribution in [3.63, 3.8) is 0 Å². The molecule has 1 aliphatic heterocycles. The lowest BCUT2D eigenvalue weighted by atomic mass is 9.98. The lowest BCUT2D eigenvalue weighted by Gasteiger charge is -2.17. The van der Waals surface area contributed by atoms with E-state index in [0.29, 0.717) is 53.4 Å². The summed E-state index contributed by atoms with van der Waals surface area (Å²) in [5, 5.41) is 9.12. The molecule has 3 aromatic carbocycles. The summed E-state index contributed by atoms with van der Waals surface area (Å²) in [4.78, 5) is 15.5. The van der Waals surface area contributed by atoms with Gasteiger partial charge in [-0.15, -0.1) is 0 Å². The fourth-order valence-corrected chi connectivity index (χ4v) is 5.61. The highest BCUT2D eigenvalue weighted by Crippen LogP contribution is 2.44. The van der Waals surface area contributed by atoms with Crippen molar-refractivity contribution in [3.8, 4) is 34.1 Å². The van der Waals surface area contributed by atoms with Gasteiger partial charge in [-0.3, -0.25) is 9.78 Å². The van der Waals surface area contributed by atoms with Crippen LogP contribution in [0.5, 0.6) is 23.0 Å². The van der Waals surface area contributed by atoms with Crippen molar-refractivity contribution in [1.82, 2.24) is 4.98 Å². The first-order valence-electron chi connectivity index (χ1n) is 13.1. The Morgan fingerprint density at radius 1 is 0.975 bits per heavy atom. The Balaban J connectivity index is 1.22. The Morgan fingerprint density at radius 3 is 2.50 bits per heavy atom. The van der Waals surface area contributed by atoms with Crippen molar-refractivity contribution in [2.24, 2.45) is 0 Å². The maximum atomic E-state index is 15.1. The molecule has 0 fully saturated rings. The molecule has 204 valence electrons. The molecule has 2 heterocycles. The van der Waals surface area contributed by atoms with Crippen molar-refractivity contribution >= 4 is 5.97 Å². The van der Waals surface area contributed by atoms with Gasteiger partial charge in [0.25, 0.3) is 0 Å². The number of aryl methyl sites for hydroxylation is 2. The molecule has 1 aromatic heterocycles. The van der Waals surface area contributed by atoms with E-state index >= 15 is 8.78 Å². The normalized spacial score (nSPS) is 17.2. The second-order valence-corrected chi connectivity index (χ2v) is 10.3. The Labute approximate surface area is 230 Å². The topological polar surface area (TPSA) is 77.9 Å². The van der Waals surface area contributed by atoms with Crippen LogP contribution in [-0.4, -0.2) is 22.7 Å². The van der Waals surface area contributed by atoms with E-state index in [4.69, 9.17) is 19.3 Å². The SMILES string of the molecule is Cc1cc(-c2ccc(Oc3ccc(F)c4c3CC[C@H]4Oc3ccc4c(c3)OCC4CC(=O)O)c(F)c2)cc(C)n1. The van der Waals surface area contributed by atoms with Crippen molar-refractivity contribution in [3.05, 3.63) is 100 Å². The average Bonchev–Trinajstić information content (AvgIpc) is 3.50. The van der Waals surface area contributed by atoms with E-state index in [1.807, 2.05) is 26.0 Å². The van der Waals surface area contributed by atoms with Gasteiger partial charge in [0, 0.05) is 40.1 Å². The molecular formula is C32H27F2NO5. The summed E-state index contributed by atoms with van der Waals surface area (Å²) in [6, 6.07) is 16.7. The largest absolute Gasteiger partial charge is 0.492 e. The van der Waals surface area contributed by atoms with E-state index in [1.54, 1.807) is 30.3 Å². The molecule has 1 unspecified atom stereocenters. The Bertz CT molecular complexity index is 1620. The Morgan fingerprint density at radius 2 is 1.75 bits per heavy atom. The van der Waals surface area contributed by atoms with Crippen LogP contribution in [0.2, 0.25) is 0 Å². The van der Waals surface area contributed by atoms with Crippen LogP contribution < -0.4 is 14.2 Å². The second kappa shape index (κ2) is 10.3. The molecule has 8 heteroatoms. The lowest BCUT2D eigenvalue weighted by Crippen LogP contribution is -2.07. The van der Waals surface area contributed by atoms with Crippen LogP contribution in [0.4, 0.5) is 8.78 Å². The summed E-state index contributed by atoms with van der Waals surface area (Å²) in [5.41, 5.74) is 5.14. The van der Waals surface area contributed by atoms with Crippen LogP contribution in [0.3, 0.4) is 0 Å². The highest BCUT2D eigenvalue weighted by atomic mass is 19.1. The zero-order chi connectivity index (χ0) is 28.0. The predicted octanol–water partition coefficient (Wildman–Crippen LogP) is 7.45. The number of aliphatic carboxylic acids is 1. The molecule has 0 saturated carbocycles. The summed E-state index contributed by atoms with van der Waals surface area (Å²) in [7, 11) is 0. The van der Waals surface area contributed by atoms with Gasteiger partial charge in [-0.25, -0.2) is 8.78 Å². The first kappa shape index (κ1) is 25.8. The van der Waals surface area contributed by atoms with Gasteiger partial charge in [-0.2, -0.15) is 0 Å². The van der Waals surface area contributed by atoms with E-state index in [0.717, 1.165) is 22.5 Å². The number of ether oxygens (including phenoxy) is 3. The third kappa shape index (κ3) is 4.97. The fraction of sp³-hybridized carbons (Fsp3) is 0.250. The maximum Gasteiger partial charge on any atom is 0.304 e. The number of rotatable bonds is 7. The van der Waals surface area contributed by atoms with E-state index in [9.17, 15) is 4.79 Å². The molecule has 6 rings (SSSR count). The molecule has 4 aromatic rings. The molecule has 0 bridgehead atoms. The van der Waals surface area contributed by atoms with Gasteiger partial charge >= 0.3 is 5.97 Å². The van der Waals surface area contributed by atoms with E-state index in [2.05, 4.69) is 4.98 Å². The number of hydrogen-bond donors (Lipinski definition) is 1. The summed E-state index contributed by atoms with van der Waals surface area (Å²) in [6.45, 7) is 4.09. The number of hydrogen-bond acceptors (Lipinski definition) is 5. The van der Waals surface area contributed by atoms with Gasteiger partial charge < -0.3 is 19.3 Å². The highest BCUT2D eigenvalue weighted by Gasteiger charge is 2.32. The number of halogens is 2. The number of benzene rings is 3. The van der Waals surface area contributed by atoms with Gasteiger partial charge in [0.1, 0.15) is 29.2 Å². The van der Waals surface area contributed by atoms with E-state index in [1.165, 1.54) is 18.2 Å². The van der Waals surface area contributed by atoms with E-state index in [-0.39, 0.29) is 18.1 Å². The van der Waals surface area contributed by atoms with Crippen LogP contribution in [0.1, 0.15) is 52.9 Å². The number of carboxylic acids is 1. The van der Waals surface area contributed by atoms with E-state index < -0.39 is 23.7 Å². The van der Waals surface area contributed by atoms with Crippen LogP contribution in [-0.2, 0) is 11.2 Å². The molecule has 2 aliphatic rings. The van der Waals surface area contributed by atoms with Crippen molar-refractivity contribution in [2.75, 3.05) is 6.61 Å². The molecular weight excluding hydrogens is 516 g/mol. The molecule has 0 amide bonds. The maximum absolute atomic E-state index is 15.1. The van der Waals surface area contributed by atoms with Crippen molar-refractivity contribution in [2.45, 2.75) is 45.1 Å². The number of carboxylic acid groups (broad SMARTS) is 1. The predicted molar refractivity (Wildman–Crippen MR) is 144 cm³/mol. The standard InChI is InChI=1S/C32H27F2NO5/c1-17-11-20(12-18(2)35-17)19-3-8-28(26(34)13-19)40-27-10-7-25(33)32-24(27)6-9-29(32)39-22-4-5-23-21(14-31(36)37)16-38-30(23)15-22/h3-5,7-8,10-13,15,21,29H,6,9,14,16H2,1-2H3,(H,36,37)/t21?,29-/m1/s1. The molecule has 6 nitrogen and oxygen atoms in total. The highest BCUT2D eigenvalue weighted by molar-refractivity contribution is 5.69. The molecule has 1 aliphatic carbocycles. The van der Waals surface area contributed by atoms with Crippen molar-refractivity contribution < 1.29 is 32.9 Å². The molecule has 0 radical (unpaired) electrons. The van der Waals surface area contributed by atoms with Gasteiger partial charge in [0.15, 0.2) is 11.6 Å². The van der Waals surface area contributed by atoms with Gasteiger partial charge in [-0.05, 0) is 80.3 Å². The first-order valence-corrected chi connectivity index (χ1v) is 13.1. The second-order valence-electron chi connectivity index (χ2n) is 10.3. The van der Waals surface area contributed by atoms with Crippen LogP contribution in [0.25, 0.3) is 11.1 Å². The Hall–Kier alpha value is -4.46. The molecule has 1 N–H and O–H groups in total. The third-order valence-electron chi connectivity index (χ3n) is 7.37. The number of aromatic nitrogens is 1. The average molecular weight is 544 g/mol. The van der Waals surface area contributed by atoms with Crippen LogP contribution in [0, 0.1) is 25.5 Å². The van der Waals surface area contributed by atoms with Crippen LogP contribution >= 0.6 is 0 Å². The summed E-state index contributed by atoms with van der Waals surface area (Å²) < 4.78 is 48.0. The summed E-state index contributed by atoms with van der Waals surface area (Å²) in [6.07, 6.45) is 0.459. The van der Waals surface area contributed by atoms with Gasteiger partial charge in [0.05, 0.1) is 13.0 Å². The summed E-state index contributed by atoms with van der Waals surface area (Å²) in [5.74, 6) is -0.506. The number of nitrogens with zero attached hydrogens (tertiary/aromatic N) is 1. The molecule has 40 heavy (non-hydrogen) atoms.